The zero-order valence-corrected chi connectivity index (χ0v) is 18.3. The second kappa shape index (κ2) is 11.6. The Morgan fingerprint density at radius 3 is 2.37 bits per heavy atom. The molecule has 1 heterocycles. The van der Waals surface area contributed by atoms with Crippen LogP contribution >= 0.6 is 11.8 Å². The van der Waals surface area contributed by atoms with Crippen LogP contribution < -0.4 is 10.6 Å². The van der Waals surface area contributed by atoms with Crippen LogP contribution in [0.1, 0.15) is 25.8 Å². The molecule has 1 aliphatic rings. The summed E-state index contributed by atoms with van der Waals surface area (Å²) in [4.78, 5) is 9.46. The monoisotopic (exact) mass is 391 g/mol. The van der Waals surface area contributed by atoms with Crippen LogP contribution in [0.15, 0.2) is 35.3 Å². The predicted octanol–water partition coefficient (Wildman–Crippen LogP) is 2.50. The summed E-state index contributed by atoms with van der Waals surface area (Å²) in [7, 11) is 1.84. The van der Waals surface area contributed by atoms with E-state index in [1.54, 1.807) is 0 Å². The van der Waals surface area contributed by atoms with E-state index in [4.69, 9.17) is 0 Å². The fourth-order valence-corrected chi connectivity index (χ4v) is 3.33. The van der Waals surface area contributed by atoms with Gasteiger partial charge in [0.25, 0.3) is 0 Å². The molecule has 2 N–H and O–H groups in total. The van der Waals surface area contributed by atoms with Crippen molar-refractivity contribution in [1.29, 1.82) is 0 Å². The van der Waals surface area contributed by atoms with Gasteiger partial charge < -0.3 is 15.5 Å². The van der Waals surface area contributed by atoms with Gasteiger partial charge in [-0.25, -0.2) is 0 Å². The number of nitrogens with one attached hydrogen (secondary N) is 2. The molecule has 0 unspecified atom stereocenters. The smallest absolute Gasteiger partial charge is 0.191 e. The number of hydrogen-bond donors (Lipinski definition) is 2. The summed E-state index contributed by atoms with van der Waals surface area (Å²) in [5, 5.41) is 6.87. The highest BCUT2D eigenvalue weighted by molar-refractivity contribution is 7.99. The van der Waals surface area contributed by atoms with Gasteiger partial charge in [-0.15, -0.1) is 0 Å². The molecular weight excluding hydrogens is 354 g/mol. The van der Waals surface area contributed by atoms with E-state index in [1.165, 1.54) is 18.7 Å². The lowest BCUT2D eigenvalue weighted by Crippen LogP contribution is -2.47. The fraction of sp³-hybridized carbons (Fsp3) is 0.667. The minimum atomic E-state index is 0.219. The minimum absolute atomic E-state index is 0.219. The van der Waals surface area contributed by atoms with E-state index < -0.39 is 0 Å². The molecule has 0 aromatic heterocycles. The molecule has 6 heteroatoms. The van der Waals surface area contributed by atoms with E-state index in [0.29, 0.717) is 0 Å². The van der Waals surface area contributed by atoms with Crippen molar-refractivity contribution in [1.82, 2.24) is 20.4 Å². The predicted molar refractivity (Wildman–Crippen MR) is 120 cm³/mol. The van der Waals surface area contributed by atoms with Gasteiger partial charge in [0.05, 0.1) is 0 Å². The molecule has 1 fully saturated rings. The summed E-state index contributed by atoms with van der Waals surface area (Å²) in [6, 6.07) is 10.8. The van der Waals surface area contributed by atoms with E-state index in [0.717, 1.165) is 51.6 Å². The molecule has 0 amide bonds. The Balaban J connectivity index is 1.57. The van der Waals surface area contributed by atoms with Gasteiger partial charge in [0.2, 0.25) is 0 Å². The Labute approximate surface area is 170 Å². The van der Waals surface area contributed by atoms with Crippen LogP contribution in [-0.2, 0) is 6.54 Å². The number of thioether (sulfide) groups is 1. The summed E-state index contributed by atoms with van der Waals surface area (Å²) in [6.07, 6.45) is 3.29. The second-order valence-electron chi connectivity index (χ2n) is 7.77. The van der Waals surface area contributed by atoms with Crippen molar-refractivity contribution < 1.29 is 0 Å². The molecule has 0 spiro atoms. The molecule has 1 aromatic rings. The molecule has 5 nitrogen and oxygen atoms in total. The Morgan fingerprint density at radius 2 is 1.74 bits per heavy atom. The molecule has 2 rings (SSSR count). The van der Waals surface area contributed by atoms with E-state index in [2.05, 4.69) is 75.9 Å². The normalized spacial score (nSPS) is 17.1. The molecule has 1 saturated heterocycles. The number of aliphatic imine (C=N–C) groups is 1. The molecule has 0 radical (unpaired) electrons. The Kier molecular flexibility index (Phi) is 9.45. The average Bonchev–Trinajstić information content (AvgIpc) is 2.69. The maximum atomic E-state index is 4.32. The molecule has 0 aliphatic carbocycles. The molecule has 0 saturated carbocycles. The van der Waals surface area contributed by atoms with E-state index in [-0.39, 0.29) is 4.75 Å². The number of benzene rings is 1. The summed E-state index contributed by atoms with van der Waals surface area (Å²) < 4.78 is 0.219. The van der Waals surface area contributed by atoms with Crippen molar-refractivity contribution in [2.75, 3.05) is 59.1 Å². The number of hydrogen-bond acceptors (Lipinski definition) is 4. The standard InChI is InChI=1S/C21H37N5S/c1-21(2,27-4)18-24-20(22-3)23-11-8-12-25-13-15-26(16-14-25)17-19-9-6-5-7-10-19/h5-7,9-10H,8,11-18H2,1-4H3,(H2,22,23,24). The zero-order valence-electron chi connectivity index (χ0n) is 17.5. The maximum absolute atomic E-state index is 4.32. The average molecular weight is 392 g/mol. The Morgan fingerprint density at radius 1 is 1.07 bits per heavy atom. The van der Waals surface area contributed by atoms with Crippen molar-refractivity contribution in [2.45, 2.75) is 31.6 Å². The fourth-order valence-electron chi connectivity index (χ4n) is 3.11. The van der Waals surface area contributed by atoms with E-state index in [9.17, 15) is 0 Å². The van der Waals surface area contributed by atoms with E-state index >= 15 is 0 Å². The topological polar surface area (TPSA) is 42.9 Å². The van der Waals surface area contributed by atoms with Gasteiger partial charge in [-0.3, -0.25) is 9.89 Å². The lowest BCUT2D eigenvalue weighted by Gasteiger charge is -2.34. The van der Waals surface area contributed by atoms with Crippen LogP contribution in [0.25, 0.3) is 0 Å². The van der Waals surface area contributed by atoms with Crippen molar-refractivity contribution in [3.63, 3.8) is 0 Å². The van der Waals surface area contributed by atoms with Crippen LogP contribution in [0, 0.1) is 0 Å². The number of guanidine groups is 1. The highest BCUT2D eigenvalue weighted by Gasteiger charge is 2.17. The maximum Gasteiger partial charge on any atom is 0.191 e. The van der Waals surface area contributed by atoms with Crippen LogP contribution in [-0.4, -0.2) is 79.6 Å². The van der Waals surface area contributed by atoms with Crippen molar-refractivity contribution in [3.8, 4) is 0 Å². The lowest BCUT2D eigenvalue weighted by atomic mass is 10.2. The number of piperazine rings is 1. The van der Waals surface area contributed by atoms with Crippen LogP contribution in [0.4, 0.5) is 0 Å². The van der Waals surface area contributed by atoms with Gasteiger partial charge in [-0.1, -0.05) is 30.3 Å². The summed E-state index contributed by atoms with van der Waals surface area (Å²) in [6.45, 7) is 13.3. The molecule has 27 heavy (non-hydrogen) atoms. The molecule has 0 atom stereocenters. The van der Waals surface area contributed by atoms with Gasteiger partial charge in [0, 0.05) is 57.6 Å². The first-order valence-corrected chi connectivity index (χ1v) is 11.2. The zero-order chi connectivity index (χ0) is 19.5. The molecule has 1 aliphatic heterocycles. The lowest BCUT2D eigenvalue weighted by molar-refractivity contribution is 0.126. The highest BCUT2D eigenvalue weighted by atomic mass is 32.2. The molecule has 0 bridgehead atoms. The SMILES string of the molecule is CN=C(NCCCN1CCN(Cc2ccccc2)CC1)NCC(C)(C)SC. The Hall–Kier alpha value is -1.24. The second-order valence-corrected chi connectivity index (χ2v) is 9.29. The van der Waals surface area contributed by atoms with Crippen molar-refractivity contribution in [3.05, 3.63) is 35.9 Å². The summed E-state index contributed by atoms with van der Waals surface area (Å²) >= 11 is 1.87. The summed E-state index contributed by atoms with van der Waals surface area (Å²) in [5.41, 5.74) is 1.42. The van der Waals surface area contributed by atoms with Crippen LogP contribution in [0.2, 0.25) is 0 Å². The summed E-state index contributed by atoms with van der Waals surface area (Å²) in [5.74, 6) is 0.907. The first-order chi connectivity index (χ1) is 13.0. The number of rotatable bonds is 9. The van der Waals surface area contributed by atoms with Gasteiger partial charge in [0.1, 0.15) is 0 Å². The van der Waals surface area contributed by atoms with Crippen molar-refractivity contribution in [2.24, 2.45) is 4.99 Å². The van der Waals surface area contributed by atoms with Gasteiger partial charge in [-0.05, 0) is 38.6 Å². The minimum Gasteiger partial charge on any atom is -0.356 e. The van der Waals surface area contributed by atoms with Gasteiger partial charge in [-0.2, -0.15) is 11.8 Å². The van der Waals surface area contributed by atoms with Gasteiger partial charge in [0.15, 0.2) is 5.96 Å². The van der Waals surface area contributed by atoms with Crippen LogP contribution in [0.3, 0.4) is 0 Å². The third-order valence-electron chi connectivity index (χ3n) is 5.12. The van der Waals surface area contributed by atoms with Crippen LogP contribution in [0.5, 0.6) is 0 Å². The largest absolute Gasteiger partial charge is 0.356 e. The van der Waals surface area contributed by atoms with E-state index in [1.807, 2.05) is 18.8 Å². The van der Waals surface area contributed by atoms with Gasteiger partial charge >= 0.3 is 0 Å². The first kappa shape index (κ1) is 22.1. The highest BCUT2D eigenvalue weighted by Crippen LogP contribution is 2.19. The quantitative estimate of drug-likeness (QED) is 0.385. The molecule has 1 aromatic carbocycles. The third-order valence-corrected chi connectivity index (χ3v) is 6.36. The Bertz CT molecular complexity index is 553. The van der Waals surface area contributed by atoms with Crippen molar-refractivity contribution >= 4 is 17.7 Å². The first-order valence-electron chi connectivity index (χ1n) is 10.0. The molecular formula is C21H37N5S. The third kappa shape index (κ3) is 8.54. The number of nitrogens with zero attached hydrogens (tertiary/aromatic N) is 3. The molecule has 152 valence electrons.